The molecular weight excluding hydrogens is 178 g/mol. The Morgan fingerprint density at radius 2 is 2.09 bits per heavy atom. The zero-order chi connectivity index (χ0) is 8.43. The highest BCUT2D eigenvalue weighted by atomic mass is 35.5. The van der Waals surface area contributed by atoms with Gasteiger partial charge in [-0.05, 0) is 26.5 Å². The summed E-state index contributed by atoms with van der Waals surface area (Å²) in [6.07, 6.45) is 0. The highest BCUT2D eigenvalue weighted by Crippen LogP contribution is 2.31. The molecule has 0 fully saturated rings. The normalized spacial score (nSPS) is 10.5. The molecule has 3 heteroatoms. The number of halogens is 1. The van der Waals surface area contributed by atoms with Gasteiger partial charge in [0.05, 0.1) is 5.02 Å². The van der Waals surface area contributed by atoms with Crippen molar-refractivity contribution in [3.8, 4) is 0 Å². The Morgan fingerprint density at radius 1 is 1.45 bits per heavy atom. The lowest BCUT2D eigenvalue weighted by molar-refractivity contribution is 0.827. The first-order valence-electron chi connectivity index (χ1n) is 3.55. The SMILES string of the molecule is CNCc1sc(C)c(Cl)c1C. The van der Waals surface area contributed by atoms with E-state index in [1.807, 2.05) is 7.05 Å². The van der Waals surface area contributed by atoms with E-state index in [1.165, 1.54) is 15.3 Å². The zero-order valence-corrected chi connectivity index (χ0v) is 8.57. The molecule has 0 aliphatic carbocycles. The second-order valence-corrected chi connectivity index (χ2v) is 4.24. The molecule has 62 valence electrons. The number of thiophene rings is 1. The van der Waals surface area contributed by atoms with Gasteiger partial charge in [-0.1, -0.05) is 11.6 Å². The Bertz CT molecular complexity index is 255. The van der Waals surface area contributed by atoms with Crippen molar-refractivity contribution in [3.63, 3.8) is 0 Å². The number of nitrogens with one attached hydrogen (secondary N) is 1. The third-order valence-electron chi connectivity index (χ3n) is 1.67. The lowest BCUT2D eigenvalue weighted by Crippen LogP contribution is -2.03. The molecule has 0 unspecified atom stereocenters. The lowest BCUT2D eigenvalue weighted by atomic mass is 10.2. The zero-order valence-electron chi connectivity index (χ0n) is 6.99. The average molecular weight is 190 g/mol. The van der Waals surface area contributed by atoms with E-state index in [2.05, 4.69) is 19.2 Å². The van der Waals surface area contributed by atoms with Crippen molar-refractivity contribution in [3.05, 3.63) is 20.3 Å². The minimum atomic E-state index is 0.921. The summed E-state index contributed by atoms with van der Waals surface area (Å²) in [5, 5.41) is 4.05. The molecule has 0 saturated heterocycles. The van der Waals surface area contributed by atoms with Gasteiger partial charge in [0, 0.05) is 16.3 Å². The Labute approximate surface area is 76.4 Å². The van der Waals surface area contributed by atoms with Gasteiger partial charge in [-0.2, -0.15) is 0 Å². The van der Waals surface area contributed by atoms with Crippen molar-refractivity contribution in [2.45, 2.75) is 20.4 Å². The molecule has 0 saturated carbocycles. The van der Waals surface area contributed by atoms with Crippen LogP contribution in [-0.4, -0.2) is 7.05 Å². The van der Waals surface area contributed by atoms with E-state index in [0.717, 1.165) is 11.6 Å². The first kappa shape index (κ1) is 9.04. The highest BCUT2D eigenvalue weighted by molar-refractivity contribution is 7.12. The van der Waals surface area contributed by atoms with Crippen LogP contribution in [0.1, 0.15) is 15.3 Å². The molecule has 1 aromatic rings. The number of rotatable bonds is 2. The van der Waals surface area contributed by atoms with Crippen LogP contribution >= 0.6 is 22.9 Å². The van der Waals surface area contributed by atoms with E-state index in [1.54, 1.807) is 11.3 Å². The molecule has 1 heterocycles. The van der Waals surface area contributed by atoms with Crippen LogP contribution in [0.5, 0.6) is 0 Å². The summed E-state index contributed by atoms with van der Waals surface area (Å²) in [5.74, 6) is 0. The van der Waals surface area contributed by atoms with E-state index >= 15 is 0 Å². The van der Waals surface area contributed by atoms with Crippen LogP contribution in [-0.2, 0) is 6.54 Å². The van der Waals surface area contributed by atoms with Gasteiger partial charge in [-0.3, -0.25) is 0 Å². The fourth-order valence-corrected chi connectivity index (χ4v) is 2.39. The summed E-state index contributed by atoms with van der Waals surface area (Å²) in [5.41, 5.74) is 1.23. The largest absolute Gasteiger partial charge is 0.315 e. The molecule has 0 aliphatic rings. The molecule has 0 aliphatic heterocycles. The molecule has 0 bridgehead atoms. The van der Waals surface area contributed by atoms with Crippen LogP contribution < -0.4 is 5.32 Å². The maximum Gasteiger partial charge on any atom is 0.0574 e. The molecule has 1 aromatic heterocycles. The standard InChI is InChI=1S/C8H12ClNS/c1-5-7(4-10-3)11-6(2)8(5)9/h10H,4H2,1-3H3. The monoisotopic (exact) mass is 189 g/mol. The first-order chi connectivity index (χ1) is 5.16. The van der Waals surface area contributed by atoms with Crippen molar-refractivity contribution in [2.24, 2.45) is 0 Å². The summed E-state index contributed by atoms with van der Waals surface area (Å²) >= 11 is 7.79. The van der Waals surface area contributed by atoms with Crippen molar-refractivity contribution >= 4 is 22.9 Å². The third kappa shape index (κ3) is 1.75. The number of hydrogen-bond donors (Lipinski definition) is 1. The van der Waals surface area contributed by atoms with Crippen LogP contribution in [0.25, 0.3) is 0 Å². The predicted molar refractivity (Wildman–Crippen MR) is 51.6 cm³/mol. The highest BCUT2D eigenvalue weighted by Gasteiger charge is 2.08. The van der Waals surface area contributed by atoms with Gasteiger partial charge in [-0.15, -0.1) is 11.3 Å². The summed E-state index contributed by atoms with van der Waals surface area (Å²) in [6.45, 7) is 5.04. The van der Waals surface area contributed by atoms with Crippen molar-refractivity contribution in [1.29, 1.82) is 0 Å². The quantitative estimate of drug-likeness (QED) is 0.755. The van der Waals surface area contributed by atoms with Crippen molar-refractivity contribution in [1.82, 2.24) is 5.32 Å². The van der Waals surface area contributed by atoms with Crippen LogP contribution in [0.3, 0.4) is 0 Å². The fourth-order valence-electron chi connectivity index (χ4n) is 1.02. The first-order valence-corrected chi connectivity index (χ1v) is 4.75. The molecule has 0 atom stereocenters. The molecule has 1 rings (SSSR count). The molecule has 0 amide bonds. The minimum Gasteiger partial charge on any atom is -0.315 e. The molecule has 1 N–H and O–H groups in total. The molecule has 11 heavy (non-hydrogen) atoms. The Hall–Kier alpha value is -0.0500. The molecule has 0 aromatic carbocycles. The van der Waals surface area contributed by atoms with E-state index in [4.69, 9.17) is 11.6 Å². The Morgan fingerprint density at radius 3 is 2.45 bits per heavy atom. The topological polar surface area (TPSA) is 12.0 Å². The average Bonchev–Trinajstić information content (AvgIpc) is 2.19. The van der Waals surface area contributed by atoms with Gasteiger partial charge in [0.1, 0.15) is 0 Å². The molecule has 1 nitrogen and oxygen atoms in total. The van der Waals surface area contributed by atoms with Crippen molar-refractivity contribution < 1.29 is 0 Å². The summed E-state index contributed by atoms with van der Waals surface area (Å²) < 4.78 is 0. The van der Waals surface area contributed by atoms with Crippen LogP contribution in [0.2, 0.25) is 5.02 Å². The second-order valence-electron chi connectivity index (χ2n) is 2.55. The molecule has 0 radical (unpaired) electrons. The van der Waals surface area contributed by atoms with E-state index in [0.29, 0.717) is 0 Å². The van der Waals surface area contributed by atoms with Crippen molar-refractivity contribution in [2.75, 3.05) is 7.05 Å². The van der Waals surface area contributed by atoms with E-state index in [9.17, 15) is 0 Å². The van der Waals surface area contributed by atoms with Gasteiger partial charge in [0.25, 0.3) is 0 Å². The van der Waals surface area contributed by atoms with Crippen LogP contribution in [0, 0.1) is 13.8 Å². The molecular formula is C8H12ClNS. The third-order valence-corrected chi connectivity index (χ3v) is 3.56. The fraction of sp³-hybridized carbons (Fsp3) is 0.500. The van der Waals surface area contributed by atoms with Crippen LogP contribution in [0.15, 0.2) is 0 Å². The lowest BCUT2D eigenvalue weighted by Gasteiger charge is -1.95. The van der Waals surface area contributed by atoms with Gasteiger partial charge < -0.3 is 5.32 Å². The molecule has 0 spiro atoms. The van der Waals surface area contributed by atoms with Gasteiger partial charge >= 0.3 is 0 Å². The second kappa shape index (κ2) is 3.57. The van der Waals surface area contributed by atoms with E-state index < -0.39 is 0 Å². The van der Waals surface area contributed by atoms with Gasteiger partial charge in [-0.25, -0.2) is 0 Å². The summed E-state index contributed by atoms with van der Waals surface area (Å²) in [6, 6.07) is 0. The summed E-state index contributed by atoms with van der Waals surface area (Å²) in [4.78, 5) is 2.56. The van der Waals surface area contributed by atoms with Gasteiger partial charge in [0.2, 0.25) is 0 Å². The maximum absolute atomic E-state index is 6.02. The Kier molecular flexibility index (Phi) is 2.93. The minimum absolute atomic E-state index is 0.921. The van der Waals surface area contributed by atoms with Crippen LogP contribution in [0.4, 0.5) is 0 Å². The van der Waals surface area contributed by atoms with Gasteiger partial charge in [0.15, 0.2) is 0 Å². The Balaban J connectivity index is 2.98. The summed E-state index contributed by atoms with van der Waals surface area (Å²) in [7, 11) is 1.95. The number of aryl methyl sites for hydroxylation is 1. The van der Waals surface area contributed by atoms with E-state index in [-0.39, 0.29) is 0 Å². The maximum atomic E-state index is 6.02. The predicted octanol–water partition coefficient (Wildman–Crippen LogP) is 2.74. The number of hydrogen-bond acceptors (Lipinski definition) is 2. The smallest absolute Gasteiger partial charge is 0.0574 e.